The van der Waals surface area contributed by atoms with E-state index in [0.717, 1.165) is 0 Å². The summed E-state index contributed by atoms with van der Waals surface area (Å²) in [6, 6.07) is 10.9. The van der Waals surface area contributed by atoms with Crippen LogP contribution >= 0.6 is 23.2 Å². The van der Waals surface area contributed by atoms with Crippen molar-refractivity contribution in [3.05, 3.63) is 63.6 Å². The normalized spacial score (nSPS) is 21.8. The van der Waals surface area contributed by atoms with Crippen LogP contribution in [-0.2, 0) is 27.4 Å². The molecule has 3 N–H and O–H groups in total. The Balaban J connectivity index is 1.64. The van der Waals surface area contributed by atoms with Gasteiger partial charge in [0.2, 0.25) is 5.91 Å². The number of amides is 1. The Morgan fingerprint density at radius 2 is 1.66 bits per heavy atom. The van der Waals surface area contributed by atoms with Crippen molar-refractivity contribution in [2.75, 3.05) is 0 Å². The van der Waals surface area contributed by atoms with Gasteiger partial charge in [-0.3, -0.25) is 9.59 Å². The average molecular weight is 522 g/mol. The van der Waals surface area contributed by atoms with Gasteiger partial charge >= 0.3 is 11.9 Å². The van der Waals surface area contributed by atoms with E-state index >= 15 is 0 Å². The summed E-state index contributed by atoms with van der Waals surface area (Å²) in [6.07, 6.45) is 0.808. The molecule has 2 aromatic carbocycles. The molecule has 1 saturated carbocycles. The van der Waals surface area contributed by atoms with Gasteiger partial charge < -0.3 is 20.3 Å². The van der Waals surface area contributed by atoms with E-state index in [0.29, 0.717) is 39.8 Å². The lowest BCUT2D eigenvalue weighted by Gasteiger charge is -2.38. The molecular formula is C26H29Cl2NO6. The van der Waals surface area contributed by atoms with Crippen molar-refractivity contribution < 1.29 is 29.3 Å². The molecule has 3 rings (SSSR count). The van der Waals surface area contributed by atoms with Gasteiger partial charge in [-0.1, -0.05) is 55.2 Å². The molecule has 0 heterocycles. The van der Waals surface area contributed by atoms with E-state index in [2.05, 4.69) is 5.32 Å². The fraction of sp³-hybridized carbons (Fsp3) is 0.423. The van der Waals surface area contributed by atoms with Crippen LogP contribution in [-0.4, -0.2) is 34.1 Å². The molecule has 0 spiro atoms. The number of hydrogen-bond donors (Lipinski definition) is 3. The molecule has 0 radical (unpaired) electrons. The minimum Gasteiger partial charge on any atom is -0.489 e. The SMILES string of the molecule is CC1(C)[C@@H](C(=O)N[C@@H](Cc2ccc(OCc3c(Cl)cccc3Cl)cc2)C(=O)O)CC[C@@]1(C)C(=O)O. The number of benzene rings is 2. The highest BCUT2D eigenvalue weighted by atomic mass is 35.5. The minimum absolute atomic E-state index is 0.0705. The summed E-state index contributed by atoms with van der Waals surface area (Å²) in [6.45, 7) is 5.32. The Labute approximate surface area is 214 Å². The van der Waals surface area contributed by atoms with Crippen molar-refractivity contribution in [1.29, 1.82) is 0 Å². The van der Waals surface area contributed by atoms with Gasteiger partial charge in [-0.15, -0.1) is 0 Å². The molecule has 35 heavy (non-hydrogen) atoms. The number of nitrogens with one attached hydrogen (secondary N) is 1. The van der Waals surface area contributed by atoms with Crippen LogP contribution in [0.1, 0.15) is 44.7 Å². The van der Waals surface area contributed by atoms with Crippen molar-refractivity contribution in [3.63, 3.8) is 0 Å². The predicted octanol–water partition coefficient (Wildman–Crippen LogP) is 5.21. The fourth-order valence-electron chi connectivity index (χ4n) is 4.60. The third kappa shape index (κ3) is 5.57. The van der Waals surface area contributed by atoms with Crippen LogP contribution in [0.5, 0.6) is 5.75 Å². The van der Waals surface area contributed by atoms with E-state index in [1.165, 1.54) is 0 Å². The summed E-state index contributed by atoms with van der Waals surface area (Å²) < 4.78 is 5.75. The van der Waals surface area contributed by atoms with Crippen molar-refractivity contribution >= 4 is 41.0 Å². The average Bonchev–Trinajstić information content (AvgIpc) is 3.03. The maximum absolute atomic E-state index is 13.0. The number of carbonyl (C=O) groups is 3. The first-order valence-corrected chi connectivity index (χ1v) is 12.0. The summed E-state index contributed by atoms with van der Waals surface area (Å²) in [5, 5.41) is 23.0. The zero-order valence-corrected chi connectivity index (χ0v) is 21.3. The van der Waals surface area contributed by atoms with Crippen molar-refractivity contribution in [1.82, 2.24) is 5.32 Å². The highest BCUT2D eigenvalue weighted by Gasteiger charge is 2.58. The van der Waals surface area contributed by atoms with Crippen LogP contribution in [0.2, 0.25) is 10.0 Å². The Morgan fingerprint density at radius 3 is 2.17 bits per heavy atom. The molecule has 2 aromatic rings. The smallest absolute Gasteiger partial charge is 0.326 e. The molecule has 3 atom stereocenters. The molecule has 1 fully saturated rings. The monoisotopic (exact) mass is 521 g/mol. The first-order chi connectivity index (χ1) is 16.4. The van der Waals surface area contributed by atoms with Crippen LogP contribution in [0, 0.1) is 16.7 Å². The van der Waals surface area contributed by atoms with Gasteiger partial charge in [0.15, 0.2) is 0 Å². The maximum Gasteiger partial charge on any atom is 0.326 e. The Kier molecular flexibility index (Phi) is 8.02. The Hall–Kier alpha value is -2.77. The largest absolute Gasteiger partial charge is 0.489 e. The first kappa shape index (κ1) is 26.8. The molecule has 0 unspecified atom stereocenters. The second-order valence-corrected chi connectivity index (χ2v) is 10.5. The molecule has 1 aliphatic carbocycles. The predicted molar refractivity (Wildman–Crippen MR) is 133 cm³/mol. The fourth-order valence-corrected chi connectivity index (χ4v) is 5.10. The zero-order chi connectivity index (χ0) is 26.0. The molecule has 9 heteroatoms. The van der Waals surface area contributed by atoms with E-state index in [4.69, 9.17) is 27.9 Å². The molecule has 1 aliphatic rings. The first-order valence-electron chi connectivity index (χ1n) is 11.3. The van der Waals surface area contributed by atoms with Gasteiger partial charge in [0.05, 0.1) is 5.41 Å². The topological polar surface area (TPSA) is 113 Å². The molecule has 0 bridgehead atoms. The van der Waals surface area contributed by atoms with Crippen molar-refractivity contribution in [3.8, 4) is 5.75 Å². The third-order valence-electron chi connectivity index (χ3n) is 7.44. The lowest BCUT2D eigenvalue weighted by atomic mass is 9.65. The van der Waals surface area contributed by atoms with Crippen LogP contribution in [0.25, 0.3) is 0 Å². The van der Waals surface area contributed by atoms with E-state index in [1.807, 2.05) is 0 Å². The zero-order valence-electron chi connectivity index (χ0n) is 19.8. The molecule has 1 amide bonds. The van der Waals surface area contributed by atoms with Gasteiger partial charge in [-0.05, 0) is 55.0 Å². The van der Waals surface area contributed by atoms with Gasteiger partial charge in [-0.25, -0.2) is 4.79 Å². The summed E-state index contributed by atoms with van der Waals surface area (Å²) >= 11 is 12.3. The van der Waals surface area contributed by atoms with Crippen LogP contribution in [0.4, 0.5) is 0 Å². The van der Waals surface area contributed by atoms with Crippen molar-refractivity contribution in [2.45, 2.75) is 52.7 Å². The van der Waals surface area contributed by atoms with E-state index < -0.39 is 40.6 Å². The highest BCUT2D eigenvalue weighted by Crippen LogP contribution is 2.56. The molecule has 0 aliphatic heterocycles. The van der Waals surface area contributed by atoms with Crippen LogP contribution < -0.4 is 10.1 Å². The number of ether oxygens (including phenoxy) is 1. The summed E-state index contributed by atoms with van der Waals surface area (Å²) in [5.74, 6) is -2.60. The number of halogens is 2. The summed E-state index contributed by atoms with van der Waals surface area (Å²) in [7, 11) is 0. The second kappa shape index (κ2) is 10.5. The highest BCUT2D eigenvalue weighted by molar-refractivity contribution is 6.35. The minimum atomic E-state index is -1.16. The number of rotatable bonds is 9. The van der Waals surface area contributed by atoms with Gasteiger partial charge in [0.1, 0.15) is 18.4 Å². The quantitative estimate of drug-likeness (QED) is 0.417. The van der Waals surface area contributed by atoms with Gasteiger partial charge in [-0.2, -0.15) is 0 Å². The molecule has 7 nitrogen and oxygen atoms in total. The van der Waals surface area contributed by atoms with Gasteiger partial charge in [0.25, 0.3) is 0 Å². The third-order valence-corrected chi connectivity index (χ3v) is 8.15. The second-order valence-electron chi connectivity index (χ2n) is 9.69. The summed E-state index contributed by atoms with van der Waals surface area (Å²) in [5.41, 5.74) is -0.517. The molecular weight excluding hydrogens is 493 g/mol. The molecule has 188 valence electrons. The molecule has 0 saturated heterocycles. The number of carboxylic acids is 2. The number of aliphatic carboxylic acids is 2. The maximum atomic E-state index is 13.0. The van der Waals surface area contributed by atoms with Crippen LogP contribution in [0.3, 0.4) is 0 Å². The van der Waals surface area contributed by atoms with E-state index in [1.54, 1.807) is 63.2 Å². The number of hydrogen-bond acceptors (Lipinski definition) is 4. The lowest BCUT2D eigenvalue weighted by molar-refractivity contribution is -0.155. The number of carbonyl (C=O) groups excluding carboxylic acids is 1. The van der Waals surface area contributed by atoms with Crippen LogP contribution in [0.15, 0.2) is 42.5 Å². The van der Waals surface area contributed by atoms with Gasteiger partial charge in [0, 0.05) is 27.9 Å². The van der Waals surface area contributed by atoms with Crippen molar-refractivity contribution in [2.24, 2.45) is 16.7 Å². The molecule has 0 aromatic heterocycles. The Bertz CT molecular complexity index is 1100. The van der Waals surface area contributed by atoms with E-state index in [-0.39, 0.29) is 13.0 Å². The number of carboxylic acid groups (broad SMARTS) is 2. The Morgan fingerprint density at radius 1 is 1.06 bits per heavy atom. The standard InChI is InChI=1S/C26H29Cl2NO6/c1-25(2)18(11-12-26(25,3)24(33)34)22(30)29-21(23(31)32)13-15-7-9-16(10-8-15)35-14-17-19(27)5-4-6-20(17)28/h4-10,18,21H,11-14H2,1-3H3,(H,29,30)(H,31,32)(H,33,34)/t18-,21+,26+/m1/s1. The summed E-state index contributed by atoms with van der Waals surface area (Å²) in [4.78, 5) is 36.7. The van der Waals surface area contributed by atoms with E-state index in [9.17, 15) is 24.6 Å². The lowest BCUT2D eigenvalue weighted by Crippen LogP contribution is -2.49.